The van der Waals surface area contributed by atoms with Crippen molar-refractivity contribution in [2.24, 2.45) is 0 Å². The third-order valence-corrected chi connectivity index (χ3v) is 3.15. The number of hydrogen-bond donors (Lipinski definition) is 1. The molecule has 1 heterocycles. The third kappa shape index (κ3) is 4.34. The Labute approximate surface area is 86.5 Å². The normalized spacial score (nSPS) is 30.7. The second kappa shape index (κ2) is 5.89. The third-order valence-electron chi connectivity index (χ3n) is 2.46. The highest BCUT2D eigenvalue weighted by atomic mass is 32.2. The maximum absolute atomic E-state index is 3.55. The molecule has 1 saturated heterocycles. The monoisotopic (exact) mass is 202 g/mol. The molecule has 1 rings (SSSR count). The van der Waals surface area contributed by atoms with E-state index in [4.69, 9.17) is 0 Å². The van der Waals surface area contributed by atoms with Gasteiger partial charge in [-0.25, -0.2) is 0 Å². The van der Waals surface area contributed by atoms with Gasteiger partial charge in [0.25, 0.3) is 0 Å². The molecule has 0 aliphatic carbocycles. The first-order valence-electron chi connectivity index (χ1n) is 5.19. The van der Waals surface area contributed by atoms with Crippen LogP contribution < -0.4 is 5.32 Å². The average molecular weight is 202 g/mol. The van der Waals surface area contributed by atoms with Crippen LogP contribution in [0.15, 0.2) is 0 Å². The zero-order valence-electron chi connectivity index (χ0n) is 9.05. The molecule has 2 unspecified atom stereocenters. The Morgan fingerprint density at radius 2 is 1.92 bits per heavy atom. The van der Waals surface area contributed by atoms with Gasteiger partial charge in [0, 0.05) is 25.2 Å². The summed E-state index contributed by atoms with van der Waals surface area (Å²) in [6.45, 7) is 8.27. The summed E-state index contributed by atoms with van der Waals surface area (Å²) < 4.78 is 0. The summed E-state index contributed by atoms with van der Waals surface area (Å²) >= 11 is 1.95. The molecule has 0 saturated carbocycles. The van der Waals surface area contributed by atoms with Crippen LogP contribution in [0.25, 0.3) is 0 Å². The molecule has 3 heteroatoms. The Morgan fingerprint density at radius 1 is 1.31 bits per heavy atom. The lowest BCUT2D eigenvalue weighted by Crippen LogP contribution is -2.54. The Kier molecular flexibility index (Phi) is 5.14. The quantitative estimate of drug-likeness (QED) is 0.694. The molecule has 0 aromatic carbocycles. The van der Waals surface area contributed by atoms with E-state index in [0.29, 0.717) is 12.1 Å². The van der Waals surface area contributed by atoms with Crippen LogP contribution in [0.4, 0.5) is 0 Å². The molecule has 13 heavy (non-hydrogen) atoms. The first-order chi connectivity index (χ1) is 6.22. The Morgan fingerprint density at radius 3 is 2.46 bits per heavy atom. The summed E-state index contributed by atoms with van der Waals surface area (Å²) in [6, 6.07) is 1.33. The highest BCUT2D eigenvalue weighted by Crippen LogP contribution is 2.05. The topological polar surface area (TPSA) is 15.3 Å². The Bertz CT molecular complexity index is 131. The zero-order valence-corrected chi connectivity index (χ0v) is 9.86. The molecule has 0 aromatic rings. The minimum atomic E-state index is 0.665. The summed E-state index contributed by atoms with van der Waals surface area (Å²) in [4.78, 5) is 2.59. The van der Waals surface area contributed by atoms with E-state index in [1.165, 1.54) is 31.8 Å². The second-order valence-corrected chi connectivity index (χ2v) is 5.06. The van der Waals surface area contributed by atoms with Crippen LogP contribution in [-0.4, -0.2) is 48.6 Å². The van der Waals surface area contributed by atoms with Gasteiger partial charge in [0.05, 0.1) is 0 Å². The number of thioether (sulfide) groups is 1. The highest BCUT2D eigenvalue weighted by Gasteiger charge is 2.19. The predicted molar refractivity (Wildman–Crippen MR) is 61.5 cm³/mol. The van der Waals surface area contributed by atoms with Crippen LogP contribution in [0, 0.1) is 0 Å². The standard InChI is InChI=1S/C10H22N2S/c1-9-7-12(5-4-6-13-3)8-10(2)11-9/h9-11H,4-8H2,1-3H3. The van der Waals surface area contributed by atoms with Crippen molar-refractivity contribution in [2.75, 3.05) is 31.6 Å². The Balaban J connectivity index is 2.17. The van der Waals surface area contributed by atoms with E-state index >= 15 is 0 Å². The van der Waals surface area contributed by atoms with Crippen LogP contribution in [0.1, 0.15) is 20.3 Å². The second-order valence-electron chi connectivity index (χ2n) is 4.07. The van der Waals surface area contributed by atoms with Crippen molar-refractivity contribution in [2.45, 2.75) is 32.4 Å². The number of nitrogens with zero attached hydrogens (tertiary/aromatic N) is 1. The van der Waals surface area contributed by atoms with Crippen LogP contribution in [-0.2, 0) is 0 Å². The van der Waals surface area contributed by atoms with Crippen molar-refractivity contribution in [1.29, 1.82) is 0 Å². The predicted octanol–water partition coefficient (Wildman–Crippen LogP) is 1.42. The smallest absolute Gasteiger partial charge is 0.0169 e. The lowest BCUT2D eigenvalue weighted by molar-refractivity contribution is 0.174. The molecule has 0 amide bonds. The maximum atomic E-state index is 3.55. The van der Waals surface area contributed by atoms with Gasteiger partial charge in [-0.3, -0.25) is 0 Å². The van der Waals surface area contributed by atoms with Gasteiger partial charge in [-0.1, -0.05) is 0 Å². The van der Waals surface area contributed by atoms with E-state index in [1.807, 2.05) is 11.8 Å². The van der Waals surface area contributed by atoms with Crippen LogP contribution in [0.2, 0.25) is 0 Å². The number of hydrogen-bond acceptors (Lipinski definition) is 3. The largest absolute Gasteiger partial charge is 0.309 e. The van der Waals surface area contributed by atoms with E-state index in [9.17, 15) is 0 Å². The molecule has 0 spiro atoms. The van der Waals surface area contributed by atoms with Crippen molar-refractivity contribution in [3.63, 3.8) is 0 Å². The summed E-state index contributed by atoms with van der Waals surface area (Å²) in [5.41, 5.74) is 0. The van der Waals surface area contributed by atoms with E-state index in [-0.39, 0.29) is 0 Å². The molecule has 1 N–H and O–H groups in total. The first kappa shape index (κ1) is 11.3. The Hall–Kier alpha value is 0.270. The molecule has 1 aliphatic heterocycles. The van der Waals surface area contributed by atoms with Crippen molar-refractivity contribution in [3.8, 4) is 0 Å². The van der Waals surface area contributed by atoms with Crippen molar-refractivity contribution < 1.29 is 0 Å². The molecular formula is C10H22N2S. The van der Waals surface area contributed by atoms with Gasteiger partial charge in [-0.05, 0) is 38.8 Å². The number of rotatable bonds is 4. The lowest BCUT2D eigenvalue weighted by Gasteiger charge is -2.36. The van der Waals surface area contributed by atoms with Crippen molar-refractivity contribution >= 4 is 11.8 Å². The SMILES string of the molecule is CSCCCN1CC(C)NC(C)C1. The van der Waals surface area contributed by atoms with Gasteiger partial charge >= 0.3 is 0 Å². The fraction of sp³-hybridized carbons (Fsp3) is 1.00. The molecule has 2 nitrogen and oxygen atoms in total. The van der Waals surface area contributed by atoms with E-state index in [2.05, 4.69) is 30.3 Å². The summed E-state index contributed by atoms with van der Waals surface area (Å²) in [6.07, 6.45) is 3.52. The maximum Gasteiger partial charge on any atom is 0.0169 e. The minimum Gasteiger partial charge on any atom is -0.309 e. The highest BCUT2D eigenvalue weighted by molar-refractivity contribution is 7.98. The molecule has 0 aromatic heterocycles. The van der Waals surface area contributed by atoms with Gasteiger partial charge in [0.2, 0.25) is 0 Å². The van der Waals surface area contributed by atoms with E-state index < -0.39 is 0 Å². The van der Waals surface area contributed by atoms with E-state index in [1.54, 1.807) is 0 Å². The molecular weight excluding hydrogens is 180 g/mol. The number of nitrogens with one attached hydrogen (secondary N) is 1. The molecule has 0 bridgehead atoms. The van der Waals surface area contributed by atoms with Gasteiger partial charge < -0.3 is 10.2 Å². The summed E-state index contributed by atoms with van der Waals surface area (Å²) in [5.74, 6) is 1.30. The van der Waals surface area contributed by atoms with Gasteiger partial charge in [-0.15, -0.1) is 0 Å². The zero-order chi connectivity index (χ0) is 9.68. The average Bonchev–Trinajstić information content (AvgIpc) is 2.03. The van der Waals surface area contributed by atoms with Crippen LogP contribution in [0.5, 0.6) is 0 Å². The van der Waals surface area contributed by atoms with E-state index in [0.717, 1.165) is 0 Å². The summed E-state index contributed by atoms with van der Waals surface area (Å²) in [7, 11) is 0. The van der Waals surface area contributed by atoms with Crippen molar-refractivity contribution in [1.82, 2.24) is 10.2 Å². The molecule has 1 fully saturated rings. The fourth-order valence-electron chi connectivity index (χ4n) is 2.06. The molecule has 1 aliphatic rings. The molecule has 2 atom stereocenters. The molecule has 0 radical (unpaired) electrons. The minimum absolute atomic E-state index is 0.665. The van der Waals surface area contributed by atoms with Crippen molar-refractivity contribution in [3.05, 3.63) is 0 Å². The fourth-order valence-corrected chi connectivity index (χ4v) is 2.47. The number of piperazine rings is 1. The molecule has 78 valence electrons. The van der Waals surface area contributed by atoms with Gasteiger partial charge in [0.1, 0.15) is 0 Å². The van der Waals surface area contributed by atoms with Crippen LogP contribution >= 0.6 is 11.8 Å². The lowest BCUT2D eigenvalue weighted by atomic mass is 10.1. The van der Waals surface area contributed by atoms with Gasteiger partial charge in [-0.2, -0.15) is 11.8 Å². The first-order valence-corrected chi connectivity index (χ1v) is 6.59. The van der Waals surface area contributed by atoms with Gasteiger partial charge in [0.15, 0.2) is 0 Å². The summed E-state index contributed by atoms with van der Waals surface area (Å²) in [5, 5.41) is 3.55. The van der Waals surface area contributed by atoms with Crippen LogP contribution in [0.3, 0.4) is 0 Å².